The minimum absolute atomic E-state index is 0.662. The third-order valence-electron chi connectivity index (χ3n) is 4.06. The molecule has 0 N–H and O–H groups in total. The Labute approximate surface area is 122 Å². The van der Waals surface area contributed by atoms with Crippen molar-refractivity contribution in [2.75, 3.05) is 44.3 Å². The third-order valence-corrected chi connectivity index (χ3v) is 4.89. The fraction of sp³-hybridized carbons (Fsp3) is 0.643. The van der Waals surface area contributed by atoms with Crippen molar-refractivity contribution in [3.63, 3.8) is 0 Å². The molecule has 1 aromatic heterocycles. The number of hydrogen-bond donors (Lipinski definition) is 0. The number of aryl methyl sites for hydroxylation is 1. The van der Waals surface area contributed by atoms with Crippen LogP contribution >= 0.6 is 15.9 Å². The van der Waals surface area contributed by atoms with E-state index in [1.807, 2.05) is 6.92 Å². The monoisotopic (exact) mass is 325 g/mol. The highest BCUT2D eigenvalue weighted by molar-refractivity contribution is 9.10. The lowest BCUT2D eigenvalue weighted by Gasteiger charge is -2.32. The second-order valence-electron chi connectivity index (χ2n) is 5.27. The number of rotatable bonds is 2. The van der Waals surface area contributed by atoms with Gasteiger partial charge in [0.05, 0.1) is 18.9 Å². The Morgan fingerprint density at radius 2 is 2.05 bits per heavy atom. The Morgan fingerprint density at radius 3 is 2.79 bits per heavy atom. The predicted octanol–water partition coefficient (Wildman–Crippen LogP) is 2.06. The largest absolute Gasteiger partial charge is 0.379 e. The van der Waals surface area contributed by atoms with Crippen molar-refractivity contribution < 1.29 is 4.74 Å². The lowest BCUT2D eigenvalue weighted by molar-refractivity contribution is 0.0209. The number of hydrogen-bond acceptors (Lipinski definition) is 4. The van der Waals surface area contributed by atoms with Gasteiger partial charge in [-0.3, -0.25) is 4.90 Å². The molecule has 0 bridgehead atoms. The van der Waals surface area contributed by atoms with Gasteiger partial charge in [-0.15, -0.1) is 0 Å². The van der Waals surface area contributed by atoms with Crippen LogP contribution in [0.2, 0.25) is 0 Å². The molecule has 2 saturated heterocycles. The summed E-state index contributed by atoms with van der Waals surface area (Å²) in [6, 6.07) is 4.87. The van der Waals surface area contributed by atoms with E-state index in [0.29, 0.717) is 6.04 Å². The van der Waals surface area contributed by atoms with E-state index in [9.17, 15) is 0 Å². The summed E-state index contributed by atoms with van der Waals surface area (Å²) in [5.74, 6) is 1.11. The first-order valence-corrected chi connectivity index (χ1v) is 7.73. The SMILES string of the molecule is Cc1nc(N2CC[C@H](N3CCOCC3)C2)ccc1Br. The van der Waals surface area contributed by atoms with Crippen LogP contribution in [0, 0.1) is 6.92 Å². The number of halogens is 1. The van der Waals surface area contributed by atoms with Gasteiger partial charge in [-0.2, -0.15) is 0 Å². The van der Waals surface area contributed by atoms with Gasteiger partial charge in [0, 0.05) is 36.7 Å². The minimum atomic E-state index is 0.662. The molecule has 0 aromatic carbocycles. The van der Waals surface area contributed by atoms with Crippen molar-refractivity contribution in [1.29, 1.82) is 0 Å². The van der Waals surface area contributed by atoms with Crippen molar-refractivity contribution >= 4 is 21.7 Å². The van der Waals surface area contributed by atoms with Crippen LogP contribution < -0.4 is 4.90 Å². The summed E-state index contributed by atoms with van der Waals surface area (Å²) < 4.78 is 6.51. The molecule has 0 radical (unpaired) electrons. The number of aromatic nitrogens is 1. The topological polar surface area (TPSA) is 28.6 Å². The van der Waals surface area contributed by atoms with E-state index in [-0.39, 0.29) is 0 Å². The maximum Gasteiger partial charge on any atom is 0.128 e. The Kier molecular flexibility index (Phi) is 4.05. The highest BCUT2D eigenvalue weighted by Gasteiger charge is 2.29. The van der Waals surface area contributed by atoms with Gasteiger partial charge in [0.1, 0.15) is 5.82 Å². The molecule has 2 aliphatic heterocycles. The Morgan fingerprint density at radius 1 is 1.26 bits per heavy atom. The summed E-state index contributed by atoms with van der Waals surface area (Å²) in [5.41, 5.74) is 1.06. The molecular formula is C14H20BrN3O. The average molecular weight is 326 g/mol. The second-order valence-corrected chi connectivity index (χ2v) is 6.13. The zero-order valence-corrected chi connectivity index (χ0v) is 12.9. The molecule has 1 atom stereocenters. The van der Waals surface area contributed by atoms with E-state index in [1.54, 1.807) is 0 Å². The Hall–Kier alpha value is -0.650. The molecule has 0 aliphatic carbocycles. The number of morpholine rings is 1. The van der Waals surface area contributed by atoms with Gasteiger partial charge in [0.15, 0.2) is 0 Å². The van der Waals surface area contributed by atoms with Gasteiger partial charge in [-0.05, 0) is 41.4 Å². The Bertz CT molecular complexity index is 448. The maximum atomic E-state index is 5.43. The summed E-state index contributed by atoms with van der Waals surface area (Å²) in [6.45, 7) is 8.15. The molecule has 0 saturated carbocycles. The van der Waals surface area contributed by atoms with Crippen LogP contribution in [0.25, 0.3) is 0 Å². The summed E-state index contributed by atoms with van der Waals surface area (Å²) in [5, 5.41) is 0. The van der Waals surface area contributed by atoms with Crippen molar-refractivity contribution in [2.45, 2.75) is 19.4 Å². The van der Waals surface area contributed by atoms with Crippen LogP contribution in [0.5, 0.6) is 0 Å². The highest BCUT2D eigenvalue weighted by atomic mass is 79.9. The van der Waals surface area contributed by atoms with Gasteiger partial charge >= 0.3 is 0 Å². The molecule has 0 amide bonds. The number of ether oxygens (including phenoxy) is 1. The molecule has 5 heteroatoms. The zero-order chi connectivity index (χ0) is 13.2. The van der Waals surface area contributed by atoms with E-state index in [0.717, 1.165) is 55.4 Å². The summed E-state index contributed by atoms with van der Waals surface area (Å²) in [4.78, 5) is 9.64. The quantitative estimate of drug-likeness (QED) is 0.832. The molecule has 3 heterocycles. The molecule has 19 heavy (non-hydrogen) atoms. The average Bonchev–Trinajstić information content (AvgIpc) is 2.93. The molecule has 1 aromatic rings. The van der Waals surface area contributed by atoms with Crippen molar-refractivity contribution in [3.05, 3.63) is 22.3 Å². The van der Waals surface area contributed by atoms with E-state index in [1.165, 1.54) is 6.42 Å². The fourth-order valence-electron chi connectivity index (χ4n) is 2.90. The van der Waals surface area contributed by atoms with Crippen molar-refractivity contribution in [3.8, 4) is 0 Å². The minimum Gasteiger partial charge on any atom is -0.379 e. The van der Waals surface area contributed by atoms with Crippen LogP contribution in [0.4, 0.5) is 5.82 Å². The first kappa shape index (κ1) is 13.3. The van der Waals surface area contributed by atoms with E-state index < -0.39 is 0 Å². The van der Waals surface area contributed by atoms with Crippen LogP contribution in [-0.4, -0.2) is 55.3 Å². The first-order chi connectivity index (χ1) is 9.24. The Balaban J connectivity index is 1.66. The molecule has 2 fully saturated rings. The van der Waals surface area contributed by atoms with Crippen molar-refractivity contribution in [2.24, 2.45) is 0 Å². The summed E-state index contributed by atoms with van der Waals surface area (Å²) >= 11 is 3.51. The predicted molar refractivity (Wildman–Crippen MR) is 79.7 cm³/mol. The van der Waals surface area contributed by atoms with E-state index in [4.69, 9.17) is 4.74 Å². The smallest absolute Gasteiger partial charge is 0.128 e. The second kappa shape index (κ2) is 5.77. The molecule has 0 unspecified atom stereocenters. The highest BCUT2D eigenvalue weighted by Crippen LogP contribution is 2.24. The van der Waals surface area contributed by atoms with Gasteiger partial charge in [-0.25, -0.2) is 4.98 Å². The lowest BCUT2D eigenvalue weighted by atomic mass is 10.2. The molecular weight excluding hydrogens is 306 g/mol. The summed E-state index contributed by atoms with van der Waals surface area (Å²) in [7, 11) is 0. The lowest BCUT2D eigenvalue weighted by Crippen LogP contribution is -2.44. The molecule has 104 valence electrons. The van der Waals surface area contributed by atoms with Crippen LogP contribution in [0.3, 0.4) is 0 Å². The normalized spacial score (nSPS) is 24.9. The van der Waals surface area contributed by atoms with Crippen LogP contribution in [0.1, 0.15) is 12.1 Å². The number of anilines is 1. The zero-order valence-electron chi connectivity index (χ0n) is 11.3. The van der Waals surface area contributed by atoms with Crippen molar-refractivity contribution in [1.82, 2.24) is 9.88 Å². The van der Waals surface area contributed by atoms with Gasteiger partial charge in [-0.1, -0.05) is 0 Å². The first-order valence-electron chi connectivity index (χ1n) is 6.94. The van der Waals surface area contributed by atoms with Gasteiger partial charge < -0.3 is 9.64 Å². The summed E-state index contributed by atoms with van der Waals surface area (Å²) in [6.07, 6.45) is 1.23. The molecule has 0 spiro atoms. The number of nitrogens with zero attached hydrogens (tertiary/aromatic N) is 3. The van der Waals surface area contributed by atoms with E-state index >= 15 is 0 Å². The van der Waals surface area contributed by atoms with Gasteiger partial charge in [0.25, 0.3) is 0 Å². The standard InChI is InChI=1S/C14H20BrN3O/c1-11-13(15)2-3-14(16-11)18-5-4-12(10-18)17-6-8-19-9-7-17/h2-3,12H,4-10H2,1H3/t12-/m0/s1. The maximum absolute atomic E-state index is 5.43. The third kappa shape index (κ3) is 2.93. The molecule has 2 aliphatic rings. The van der Waals surface area contributed by atoms with Gasteiger partial charge in [0.2, 0.25) is 0 Å². The van der Waals surface area contributed by atoms with Crippen LogP contribution in [0.15, 0.2) is 16.6 Å². The molecule has 3 rings (SSSR count). The van der Waals surface area contributed by atoms with Crippen LogP contribution in [-0.2, 0) is 4.74 Å². The molecule has 4 nitrogen and oxygen atoms in total. The fourth-order valence-corrected chi connectivity index (χ4v) is 3.12. The van der Waals surface area contributed by atoms with E-state index in [2.05, 4.69) is 42.8 Å². The number of pyridine rings is 1.